The van der Waals surface area contributed by atoms with E-state index in [9.17, 15) is 4.79 Å². The molecule has 0 saturated heterocycles. The third-order valence-corrected chi connectivity index (χ3v) is 0.268. The minimum atomic E-state index is -1.83. The lowest BCUT2D eigenvalue weighted by molar-refractivity contribution is 0.0965. The molecule has 0 aliphatic carbocycles. The zero-order chi connectivity index (χ0) is 8.57. The zero-order valence-electron chi connectivity index (χ0n) is 5.27. The van der Waals surface area contributed by atoms with E-state index in [-0.39, 0.29) is 6.61 Å². The Labute approximate surface area is 56.7 Å². The van der Waals surface area contributed by atoms with Gasteiger partial charge in [-0.25, -0.2) is 9.59 Å². The van der Waals surface area contributed by atoms with E-state index >= 15 is 0 Å². The summed E-state index contributed by atoms with van der Waals surface area (Å²) < 4.78 is 3.96. The summed E-state index contributed by atoms with van der Waals surface area (Å²) in [6.45, 7) is 1.85. The molecule has 60 valence electrons. The molecule has 0 atom stereocenters. The molecule has 0 spiro atoms. The molecular formula is C4H8O6. The summed E-state index contributed by atoms with van der Waals surface area (Å²) in [5.41, 5.74) is 0. The minimum Gasteiger partial charge on any atom is -0.450 e. The Balaban J connectivity index is 0. The van der Waals surface area contributed by atoms with Crippen LogP contribution in [-0.2, 0) is 4.74 Å². The highest BCUT2D eigenvalue weighted by molar-refractivity contribution is 5.56. The number of rotatable bonds is 1. The van der Waals surface area contributed by atoms with Crippen LogP contribution in [-0.4, -0.2) is 34.2 Å². The van der Waals surface area contributed by atoms with Gasteiger partial charge in [0.2, 0.25) is 0 Å². The minimum absolute atomic E-state index is 0.231. The van der Waals surface area contributed by atoms with Crippen LogP contribution in [0, 0.1) is 0 Å². The summed E-state index contributed by atoms with van der Waals surface area (Å²) in [7, 11) is 0. The molecule has 6 heteroatoms. The van der Waals surface area contributed by atoms with Crippen LogP contribution in [0.2, 0.25) is 0 Å². The first-order valence-corrected chi connectivity index (χ1v) is 2.28. The molecule has 0 heterocycles. The van der Waals surface area contributed by atoms with Crippen molar-refractivity contribution in [3.8, 4) is 0 Å². The van der Waals surface area contributed by atoms with Gasteiger partial charge in [-0.15, -0.1) is 0 Å². The summed E-state index contributed by atoms with van der Waals surface area (Å²) in [5.74, 6) is 0. The van der Waals surface area contributed by atoms with E-state index in [1.165, 1.54) is 0 Å². The molecule has 6 nitrogen and oxygen atoms in total. The first-order chi connectivity index (χ1) is 4.50. The van der Waals surface area contributed by atoms with Crippen LogP contribution in [0.5, 0.6) is 0 Å². The van der Waals surface area contributed by atoms with Crippen LogP contribution in [0.1, 0.15) is 6.92 Å². The SMILES string of the molecule is CCOC(=O)O.O=C(O)O. The topological polar surface area (TPSA) is 104 Å². The summed E-state index contributed by atoms with van der Waals surface area (Å²) in [4.78, 5) is 17.9. The maximum absolute atomic E-state index is 9.38. The molecule has 0 aromatic heterocycles. The van der Waals surface area contributed by atoms with Crippen LogP contribution in [0.25, 0.3) is 0 Å². The fourth-order valence-corrected chi connectivity index (χ4v) is 0.123. The number of hydrogen-bond acceptors (Lipinski definition) is 3. The molecule has 0 fully saturated rings. The van der Waals surface area contributed by atoms with Crippen molar-refractivity contribution >= 4 is 12.3 Å². The van der Waals surface area contributed by atoms with Gasteiger partial charge in [-0.05, 0) is 6.92 Å². The molecule has 10 heavy (non-hydrogen) atoms. The normalized spacial score (nSPS) is 6.90. The Morgan fingerprint density at radius 3 is 1.60 bits per heavy atom. The molecule has 0 aliphatic heterocycles. The number of carbonyl (C=O) groups is 2. The first kappa shape index (κ1) is 11.4. The van der Waals surface area contributed by atoms with Crippen molar-refractivity contribution in [1.82, 2.24) is 0 Å². The van der Waals surface area contributed by atoms with Gasteiger partial charge in [0, 0.05) is 0 Å². The fourth-order valence-electron chi connectivity index (χ4n) is 0.123. The highest BCUT2D eigenvalue weighted by Gasteiger charge is 1.86. The van der Waals surface area contributed by atoms with Gasteiger partial charge in [-0.3, -0.25) is 0 Å². The third kappa shape index (κ3) is 84.6. The van der Waals surface area contributed by atoms with Crippen LogP contribution in [0.3, 0.4) is 0 Å². The molecule has 0 unspecified atom stereocenters. The monoisotopic (exact) mass is 152 g/mol. The van der Waals surface area contributed by atoms with Gasteiger partial charge in [-0.2, -0.15) is 0 Å². The molecular weight excluding hydrogens is 144 g/mol. The molecule has 0 aromatic carbocycles. The quantitative estimate of drug-likeness (QED) is 0.482. The zero-order valence-corrected chi connectivity index (χ0v) is 5.27. The summed E-state index contributed by atoms with van der Waals surface area (Å²) in [6.07, 6.45) is -3.04. The Morgan fingerprint density at radius 1 is 1.30 bits per heavy atom. The van der Waals surface area contributed by atoms with Gasteiger partial charge in [0.15, 0.2) is 0 Å². The Hall–Kier alpha value is -1.46. The van der Waals surface area contributed by atoms with E-state index in [1.807, 2.05) is 0 Å². The summed E-state index contributed by atoms with van der Waals surface area (Å²) in [5, 5.41) is 21.6. The van der Waals surface area contributed by atoms with E-state index in [1.54, 1.807) is 6.92 Å². The predicted molar refractivity (Wildman–Crippen MR) is 30.3 cm³/mol. The standard InChI is InChI=1S/C3H6O3.CH2O3/c1-2-6-3(4)5;2-1(3)4/h2H2,1H3,(H,4,5);(H2,2,3,4). The van der Waals surface area contributed by atoms with Gasteiger partial charge in [0.1, 0.15) is 0 Å². The largest absolute Gasteiger partial charge is 0.505 e. The fraction of sp³-hybridized carbons (Fsp3) is 0.500. The van der Waals surface area contributed by atoms with E-state index in [4.69, 9.17) is 20.1 Å². The molecule has 0 aliphatic rings. The number of ether oxygens (including phenoxy) is 1. The molecule has 0 bridgehead atoms. The highest BCUT2D eigenvalue weighted by Crippen LogP contribution is 1.69. The number of hydrogen-bond donors (Lipinski definition) is 3. The van der Waals surface area contributed by atoms with Gasteiger partial charge in [-0.1, -0.05) is 0 Å². The maximum atomic E-state index is 9.38. The third-order valence-electron chi connectivity index (χ3n) is 0.268. The van der Waals surface area contributed by atoms with Crippen LogP contribution in [0.15, 0.2) is 0 Å². The number of carboxylic acid groups (broad SMARTS) is 3. The van der Waals surface area contributed by atoms with Crippen LogP contribution in [0.4, 0.5) is 9.59 Å². The first-order valence-electron chi connectivity index (χ1n) is 2.28. The maximum Gasteiger partial charge on any atom is 0.505 e. The molecule has 0 aromatic rings. The Bertz CT molecular complexity index is 104. The second kappa shape index (κ2) is 7.54. The summed E-state index contributed by atoms with van der Waals surface area (Å²) in [6, 6.07) is 0. The molecule has 0 saturated carbocycles. The average Bonchev–Trinajstić information content (AvgIpc) is 1.62. The lowest BCUT2D eigenvalue weighted by Crippen LogP contribution is -1.97. The van der Waals surface area contributed by atoms with Crippen LogP contribution >= 0.6 is 0 Å². The molecule has 3 N–H and O–H groups in total. The van der Waals surface area contributed by atoms with Crippen molar-refractivity contribution in [3.05, 3.63) is 0 Å². The molecule has 0 radical (unpaired) electrons. The predicted octanol–water partition coefficient (Wildman–Crippen LogP) is 0.923. The second-order valence-electron chi connectivity index (χ2n) is 0.981. The van der Waals surface area contributed by atoms with E-state index in [0.717, 1.165) is 0 Å². The van der Waals surface area contributed by atoms with Crippen molar-refractivity contribution in [2.75, 3.05) is 6.61 Å². The van der Waals surface area contributed by atoms with E-state index in [0.29, 0.717) is 0 Å². The van der Waals surface area contributed by atoms with Crippen molar-refractivity contribution in [3.63, 3.8) is 0 Å². The Morgan fingerprint density at radius 2 is 1.60 bits per heavy atom. The van der Waals surface area contributed by atoms with Gasteiger partial charge < -0.3 is 20.1 Å². The Kier molecular flexibility index (Phi) is 8.56. The lowest BCUT2D eigenvalue weighted by Gasteiger charge is -1.87. The lowest BCUT2D eigenvalue weighted by atomic mass is 10.9. The van der Waals surface area contributed by atoms with Crippen LogP contribution < -0.4 is 0 Å². The van der Waals surface area contributed by atoms with Crippen molar-refractivity contribution in [2.45, 2.75) is 6.92 Å². The van der Waals surface area contributed by atoms with E-state index in [2.05, 4.69) is 4.74 Å². The molecule has 0 amide bonds. The van der Waals surface area contributed by atoms with Crippen molar-refractivity contribution in [1.29, 1.82) is 0 Å². The average molecular weight is 152 g/mol. The summed E-state index contributed by atoms with van der Waals surface area (Å²) >= 11 is 0. The van der Waals surface area contributed by atoms with Gasteiger partial charge >= 0.3 is 12.3 Å². The second-order valence-corrected chi connectivity index (χ2v) is 0.981. The van der Waals surface area contributed by atoms with E-state index < -0.39 is 12.3 Å². The van der Waals surface area contributed by atoms with Crippen molar-refractivity contribution in [2.24, 2.45) is 0 Å². The smallest absolute Gasteiger partial charge is 0.450 e. The van der Waals surface area contributed by atoms with Gasteiger partial charge in [0.25, 0.3) is 0 Å². The highest BCUT2D eigenvalue weighted by atomic mass is 16.7. The van der Waals surface area contributed by atoms with Crippen molar-refractivity contribution < 1.29 is 29.6 Å². The van der Waals surface area contributed by atoms with Gasteiger partial charge in [0.05, 0.1) is 6.61 Å². The molecule has 0 rings (SSSR count).